The minimum absolute atomic E-state index is 0.0450. The van der Waals surface area contributed by atoms with Gasteiger partial charge in [0, 0.05) is 26.4 Å². The van der Waals surface area contributed by atoms with E-state index < -0.39 is 0 Å². The highest BCUT2D eigenvalue weighted by atomic mass is 32.1. The Hall–Kier alpha value is -1.16. The molecule has 0 saturated carbocycles. The number of thiophene rings is 1. The first-order valence-corrected chi connectivity index (χ1v) is 6.69. The van der Waals surface area contributed by atoms with E-state index in [0.29, 0.717) is 18.8 Å². The van der Waals surface area contributed by atoms with Gasteiger partial charge in [0.25, 0.3) is 0 Å². The summed E-state index contributed by atoms with van der Waals surface area (Å²) in [5.74, 6) is 0.562. The highest BCUT2D eigenvalue weighted by Crippen LogP contribution is 2.12. The molecule has 4 heteroatoms. The average molecular weight is 253 g/mol. The number of carbonyl (C=O) groups excluding carboxylic acids is 2. The van der Waals surface area contributed by atoms with Crippen LogP contribution in [0.2, 0.25) is 0 Å². The molecule has 0 fully saturated rings. The van der Waals surface area contributed by atoms with Gasteiger partial charge in [-0.05, 0) is 17.4 Å². The molecule has 0 N–H and O–H groups in total. The first-order chi connectivity index (χ1) is 8.00. The van der Waals surface area contributed by atoms with Gasteiger partial charge in [0.1, 0.15) is 0 Å². The summed E-state index contributed by atoms with van der Waals surface area (Å²) in [5, 5.41) is 1.87. The molecule has 0 aliphatic heterocycles. The molecule has 1 heterocycles. The van der Waals surface area contributed by atoms with Crippen molar-refractivity contribution in [2.45, 2.75) is 26.7 Å². The second-order valence-electron chi connectivity index (χ2n) is 4.57. The fourth-order valence-electron chi connectivity index (χ4n) is 1.62. The summed E-state index contributed by atoms with van der Waals surface area (Å²) >= 11 is 1.43. The third kappa shape index (κ3) is 4.69. The predicted molar refractivity (Wildman–Crippen MR) is 70.4 cm³/mol. The standard InChI is InChI=1S/C13H19NO2S/c1-10(2)9-14(3)13(16)7-6-11(15)12-5-4-8-17-12/h4-5,8,10H,6-7,9H2,1-3H3. The third-order valence-electron chi connectivity index (χ3n) is 2.43. The smallest absolute Gasteiger partial charge is 0.222 e. The molecule has 0 spiro atoms. The Bertz CT molecular complexity index is 371. The van der Waals surface area contributed by atoms with Crippen molar-refractivity contribution in [3.63, 3.8) is 0 Å². The van der Waals surface area contributed by atoms with Crippen molar-refractivity contribution in [3.05, 3.63) is 22.4 Å². The summed E-state index contributed by atoms with van der Waals surface area (Å²) in [4.78, 5) is 25.9. The fourth-order valence-corrected chi connectivity index (χ4v) is 2.32. The summed E-state index contributed by atoms with van der Waals surface area (Å²) in [6, 6.07) is 3.65. The summed E-state index contributed by atoms with van der Waals surface area (Å²) in [5.41, 5.74) is 0. The molecule has 3 nitrogen and oxygen atoms in total. The van der Waals surface area contributed by atoms with Crippen molar-refractivity contribution in [2.75, 3.05) is 13.6 Å². The van der Waals surface area contributed by atoms with Crippen LogP contribution in [-0.4, -0.2) is 30.2 Å². The van der Waals surface area contributed by atoms with Crippen LogP contribution in [0.4, 0.5) is 0 Å². The van der Waals surface area contributed by atoms with Gasteiger partial charge in [-0.15, -0.1) is 11.3 Å². The molecule has 1 rings (SSSR count). The highest BCUT2D eigenvalue weighted by Gasteiger charge is 2.13. The number of ketones is 1. The molecule has 0 atom stereocenters. The van der Waals surface area contributed by atoms with Crippen LogP contribution >= 0.6 is 11.3 Å². The van der Waals surface area contributed by atoms with Crippen LogP contribution < -0.4 is 0 Å². The Balaban J connectivity index is 2.35. The molecule has 1 aromatic rings. The quantitative estimate of drug-likeness (QED) is 0.731. The highest BCUT2D eigenvalue weighted by molar-refractivity contribution is 7.12. The van der Waals surface area contributed by atoms with E-state index in [0.717, 1.165) is 11.4 Å². The summed E-state index contributed by atoms with van der Waals surface area (Å²) in [6.07, 6.45) is 0.613. The van der Waals surface area contributed by atoms with Gasteiger partial charge in [-0.2, -0.15) is 0 Å². The van der Waals surface area contributed by atoms with Gasteiger partial charge < -0.3 is 4.90 Å². The molecule has 0 aliphatic carbocycles. The van der Waals surface area contributed by atoms with Crippen LogP contribution in [0, 0.1) is 5.92 Å². The van der Waals surface area contributed by atoms with Gasteiger partial charge in [0.2, 0.25) is 5.91 Å². The molecular weight excluding hydrogens is 234 g/mol. The molecule has 1 aromatic heterocycles. The van der Waals surface area contributed by atoms with E-state index in [4.69, 9.17) is 0 Å². The number of nitrogens with zero attached hydrogens (tertiary/aromatic N) is 1. The van der Waals surface area contributed by atoms with E-state index in [1.807, 2.05) is 11.4 Å². The van der Waals surface area contributed by atoms with E-state index in [1.165, 1.54) is 11.3 Å². The molecule has 0 aliphatic rings. The van der Waals surface area contributed by atoms with Gasteiger partial charge in [-0.1, -0.05) is 19.9 Å². The van der Waals surface area contributed by atoms with Crippen LogP contribution in [0.3, 0.4) is 0 Å². The molecule has 1 amide bonds. The molecule has 0 radical (unpaired) electrons. The molecular formula is C13H19NO2S. The number of carbonyl (C=O) groups is 2. The molecule has 0 aromatic carbocycles. The van der Waals surface area contributed by atoms with Gasteiger partial charge in [0.15, 0.2) is 5.78 Å². The van der Waals surface area contributed by atoms with E-state index in [2.05, 4.69) is 13.8 Å². The number of rotatable bonds is 6. The van der Waals surface area contributed by atoms with E-state index in [-0.39, 0.29) is 11.7 Å². The largest absolute Gasteiger partial charge is 0.345 e. The van der Waals surface area contributed by atoms with Gasteiger partial charge in [-0.25, -0.2) is 0 Å². The van der Waals surface area contributed by atoms with E-state index >= 15 is 0 Å². The Morgan fingerprint density at radius 1 is 1.35 bits per heavy atom. The van der Waals surface area contributed by atoms with Crippen LogP contribution in [0.1, 0.15) is 36.4 Å². The van der Waals surface area contributed by atoms with E-state index in [1.54, 1.807) is 18.0 Å². The van der Waals surface area contributed by atoms with Gasteiger partial charge in [0.05, 0.1) is 4.88 Å². The molecule has 94 valence electrons. The van der Waals surface area contributed by atoms with Crippen LogP contribution in [0.25, 0.3) is 0 Å². The van der Waals surface area contributed by atoms with Crippen LogP contribution in [0.15, 0.2) is 17.5 Å². The molecule has 0 saturated heterocycles. The number of amides is 1. The number of hydrogen-bond donors (Lipinski definition) is 0. The van der Waals surface area contributed by atoms with Crippen molar-refractivity contribution in [1.29, 1.82) is 0 Å². The monoisotopic (exact) mass is 253 g/mol. The summed E-state index contributed by atoms with van der Waals surface area (Å²) in [7, 11) is 1.79. The summed E-state index contributed by atoms with van der Waals surface area (Å²) < 4.78 is 0. The Morgan fingerprint density at radius 3 is 2.59 bits per heavy atom. The van der Waals surface area contributed by atoms with Gasteiger partial charge in [-0.3, -0.25) is 9.59 Å². The maximum absolute atomic E-state index is 11.7. The molecule has 0 unspecified atom stereocenters. The molecule has 0 bridgehead atoms. The van der Waals surface area contributed by atoms with Gasteiger partial charge >= 0.3 is 0 Å². The van der Waals surface area contributed by atoms with Crippen LogP contribution in [0.5, 0.6) is 0 Å². The fraction of sp³-hybridized carbons (Fsp3) is 0.538. The lowest BCUT2D eigenvalue weighted by Crippen LogP contribution is -2.30. The Kier molecular flexibility index (Phi) is 5.35. The van der Waals surface area contributed by atoms with Crippen molar-refractivity contribution in [2.24, 2.45) is 5.92 Å². The SMILES string of the molecule is CC(C)CN(C)C(=O)CCC(=O)c1cccs1. The van der Waals surface area contributed by atoms with Crippen molar-refractivity contribution in [3.8, 4) is 0 Å². The maximum Gasteiger partial charge on any atom is 0.222 e. The van der Waals surface area contributed by atoms with E-state index in [9.17, 15) is 9.59 Å². The normalized spacial score (nSPS) is 10.6. The Morgan fingerprint density at radius 2 is 2.06 bits per heavy atom. The zero-order valence-corrected chi connectivity index (χ0v) is 11.4. The Labute approximate surface area is 106 Å². The predicted octanol–water partition coefficient (Wildman–Crippen LogP) is 2.83. The maximum atomic E-state index is 11.7. The lowest BCUT2D eigenvalue weighted by molar-refractivity contribution is -0.130. The minimum Gasteiger partial charge on any atom is -0.345 e. The topological polar surface area (TPSA) is 37.4 Å². The minimum atomic E-state index is 0.0450. The number of Topliss-reactive ketones (excluding diaryl/α,β-unsaturated/α-hetero) is 1. The van der Waals surface area contributed by atoms with Crippen molar-refractivity contribution >= 4 is 23.0 Å². The van der Waals surface area contributed by atoms with Crippen LogP contribution in [-0.2, 0) is 4.79 Å². The molecule has 17 heavy (non-hydrogen) atoms. The van der Waals surface area contributed by atoms with Crippen molar-refractivity contribution < 1.29 is 9.59 Å². The second kappa shape index (κ2) is 6.55. The first kappa shape index (κ1) is 13.9. The lowest BCUT2D eigenvalue weighted by atomic mass is 10.1. The van der Waals surface area contributed by atoms with Crippen molar-refractivity contribution in [1.82, 2.24) is 4.90 Å². The zero-order valence-electron chi connectivity index (χ0n) is 10.6. The average Bonchev–Trinajstić information content (AvgIpc) is 2.77. The second-order valence-corrected chi connectivity index (χ2v) is 5.52. The first-order valence-electron chi connectivity index (χ1n) is 5.81. The zero-order chi connectivity index (χ0) is 12.8. The lowest BCUT2D eigenvalue weighted by Gasteiger charge is -2.19. The summed E-state index contributed by atoms with van der Waals surface area (Å²) in [6.45, 7) is 4.88. The number of hydrogen-bond acceptors (Lipinski definition) is 3. The third-order valence-corrected chi connectivity index (χ3v) is 3.34.